The van der Waals surface area contributed by atoms with Crippen molar-refractivity contribution in [2.24, 2.45) is 0 Å². The highest BCUT2D eigenvalue weighted by atomic mass is 16.5. The standard InChI is InChI=1S/C20H24N2O6/c1-11-16(12(2)28-22-11)10-26-17-8-5-14(9-18(17)25-4)20(24)27-13(3)19(23)21-15-6-7-15/h5,8-9,13,15H,6-7,10H2,1-4H3,(H,21,23)/t13-/m1/s1. The SMILES string of the molecule is COc1cc(C(=O)O[C@H](C)C(=O)NC2CC2)ccc1OCc1c(C)noc1C. The monoisotopic (exact) mass is 388 g/mol. The number of ether oxygens (including phenoxy) is 3. The Labute approximate surface area is 163 Å². The minimum Gasteiger partial charge on any atom is -0.493 e. The molecule has 1 aliphatic rings. The second-order valence-electron chi connectivity index (χ2n) is 6.79. The van der Waals surface area contributed by atoms with Gasteiger partial charge in [0, 0.05) is 6.04 Å². The Hall–Kier alpha value is -3.03. The van der Waals surface area contributed by atoms with Crippen molar-refractivity contribution >= 4 is 11.9 Å². The number of methoxy groups -OCH3 is 1. The van der Waals surface area contributed by atoms with E-state index in [4.69, 9.17) is 18.7 Å². The number of hydrogen-bond donors (Lipinski definition) is 1. The molecule has 8 heteroatoms. The average molecular weight is 388 g/mol. The Balaban J connectivity index is 1.64. The second kappa shape index (κ2) is 8.33. The van der Waals surface area contributed by atoms with Crippen LogP contribution in [0, 0.1) is 13.8 Å². The third-order valence-electron chi connectivity index (χ3n) is 4.53. The van der Waals surface area contributed by atoms with E-state index in [0.717, 1.165) is 24.1 Å². The molecule has 0 saturated heterocycles. The maximum atomic E-state index is 12.4. The summed E-state index contributed by atoms with van der Waals surface area (Å²) < 4.78 is 21.5. The molecule has 1 aliphatic carbocycles. The molecule has 1 saturated carbocycles. The predicted molar refractivity (Wildman–Crippen MR) is 99.3 cm³/mol. The van der Waals surface area contributed by atoms with E-state index < -0.39 is 12.1 Å². The van der Waals surface area contributed by atoms with E-state index in [1.54, 1.807) is 19.1 Å². The molecule has 1 aromatic heterocycles. The zero-order valence-corrected chi connectivity index (χ0v) is 16.4. The van der Waals surface area contributed by atoms with Gasteiger partial charge in [-0.05, 0) is 51.8 Å². The van der Waals surface area contributed by atoms with Crippen LogP contribution in [0.5, 0.6) is 11.5 Å². The molecule has 1 N–H and O–H groups in total. The fourth-order valence-corrected chi connectivity index (χ4v) is 2.60. The highest BCUT2D eigenvalue weighted by molar-refractivity contribution is 5.93. The summed E-state index contributed by atoms with van der Waals surface area (Å²) >= 11 is 0. The van der Waals surface area contributed by atoms with Crippen LogP contribution in [-0.2, 0) is 16.1 Å². The topological polar surface area (TPSA) is 99.9 Å². The van der Waals surface area contributed by atoms with Crippen LogP contribution in [0.3, 0.4) is 0 Å². The predicted octanol–water partition coefficient (Wildman–Crippen LogP) is 2.70. The van der Waals surface area contributed by atoms with Crippen LogP contribution in [0.2, 0.25) is 0 Å². The highest BCUT2D eigenvalue weighted by Crippen LogP contribution is 2.30. The zero-order valence-electron chi connectivity index (χ0n) is 16.4. The molecule has 0 bridgehead atoms. The van der Waals surface area contributed by atoms with Gasteiger partial charge >= 0.3 is 5.97 Å². The molecule has 0 aliphatic heterocycles. The summed E-state index contributed by atoms with van der Waals surface area (Å²) in [5.41, 5.74) is 1.89. The van der Waals surface area contributed by atoms with Crippen LogP contribution < -0.4 is 14.8 Å². The van der Waals surface area contributed by atoms with E-state index >= 15 is 0 Å². The van der Waals surface area contributed by atoms with Crippen molar-refractivity contribution in [1.82, 2.24) is 10.5 Å². The van der Waals surface area contributed by atoms with Gasteiger partial charge in [0.05, 0.1) is 23.9 Å². The van der Waals surface area contributed by atoms with Crippen LogP contribution in [0.25, 0.3) is 0 Å². The first-order valence-corrected chi connectivity index (χ1v) is 9.13. The first-order valence-electron chi connectivity index (χ1n) is 9.13. The third kappa shape index (κ3) is 4.62. The minimum absolute atomic E-state index is 0.211. The maximum absolute atomic E-state index is 12.4. The maximum Gasteiger partial charge on any atom is 0.339 e. The molecule has 1 atom stereocenters. The van der Waals surface area contributed by atoms with E-state index in [1.165, 1.54) is 13.2 Å². The lowest BCUT2D eigenvalue weighted by atomic mass is 10.2. The zero-order chi connectivity index (χ0) is 20.3. The van der Waals surface area contributed by atoms with E-state index in [9.17, 15) is 9.59 Å². The van der Waals surface area contributed by atoms with Gasteiger partial charge in [0.2, 0.25) is 0 Å². The van der Waals surface area contributed by atoms with Crippen LogP contribution in [0.1, 0.15) is 47.1 Å². The van der Waals surface area contributed by atoms with Gasteiger partial charge in [0.25, 0.3) is 5.91 Å². The Morgan fingerprint density at radius 2 is 2.04 bits per heavy atom. The molecule has 1 fully saturated rings. The fourth-order valence-electron chi connectivity index (χ4n) is 2.60. The summed E-state index contributed by atoms with van der Waals surface area (Å²) in [6, 6.07) is 4.93. The van der Waals surface area contributed by atoms with Gasteiger partial charge in [-0.2, -0.15) is 0 Å². The lowest BCUT2D eigenvalue weighted by molar-refractivity contribution is -0.129. The van der Waals surface area contributed by atoms with Gasteiger partial charge in [-0.3, -0.25) is 4.79 Å². The lowest BCUT2D eigenvalue weighted by Gasteiger charge is -2.15. The number of aryl methyl sites for hydroxylation is 2. The highest BCUT2D eigenvalue weighted by Gasteiger charge is 2.27. The van der Waals surface area contributed by atoms with Crippen LogP contribution >= 0.6 is 0 Å². The summed E-state index contributed by atoms with van der Waals surface area (Å²) in [4.78, 5) is 24.3. The van der Waals surface area contributed by atoms with Crippen LogP contribution in [0.4, 0.5) is 0 Å². The number of nitrogens with one attached hydrogen (secondary N) is 1. The van der Waals surface area contributed by atoms with Crippen LogP contribution in [0.15, 0.2) is 22.7 Å². The first kappa shape index (κ1) is 19.7. The third-order valence-corrected chi connectivity index (χ3v) is 4.53. The van der Waals surface area contributed by atoms with Gasteiger partial charge in [-0.1, -0.05) is 5.16 Å². The molecular formula is C20H24N2O6. The number of esters is 1. The van der Waals surface area contributed by atoms with Gasteiger partial charge in [0.15, 0.2) is 17.6 Å². The van der Waals surface area contributed by atoms with Gasteiger partial charge in [-0.25, -0.2) is 4.79 Å². The Kier molecular flexibility index (Phi) is 5.87. The van der Waals surface area contributed by atoms with E-state index in [0.29, 0.717) is 17.3 Å². The van der Waals surface area contributed by atoms with Gasteiger partial charge in [-0.15, -0.1) is 0 Å². The molecule has 1 amide bonds. The van der Waals surface area contributed by atoms with Crippen molar-refractivity contribution in [1.29, 1.82) is 0 Å². The second-order valence-corrected chi connectivity index (χ2v) is 6.79. The lowest BCUT2D eigenvalue weighted by Crippen LogP contribution is -2.37. The Morgan fingerprint density at radius 3 is 2.64 bits per heavy atom. The smallest absolute Gasteiger partial charge is 0.339 e. The summed E-state index contributed by atoms with van der Waals surface area (Å²) in [6.07, 6.45) is 1.08. The number of aromatic nitrogens is 1. The van der Waals surface area contributed by atoms with Crippen molar-refractivity contribution in [3.8, 4) is 11.5 Å². The Morgan fingerprint density at radius 1 is 1.29 bits per heavy atom. The van der Waals surface area contributed by atoms with Crippen molar-refractivity contribution < 1.29 is 28.3 Å². The number of benzene rings is 1. The van der Waals surface area contributed by atoms with E-state index in [-0.39, 0.29) is 24.1 Å². The van der Waals surface area contributed by atoms with Crippen molar-refractivity contribution in [3.63, 3.8) is 0 Å². The molecule has 28 heavy (non-hydrogen) atoms. The summed E-state index contributed by atoms with van der Waals surface area (Å²) in [7, 11) is 1.49. The summed E-state index contributed by atoms with van der Waals surface area (Å²) in [5, 5.41) is 6.70. The molecular weight excluding hydrogens is 364 g/mol. The first-order chi connectivity index (χ1) is 13.4. The average Bonchev–Trinajstić information content (AvgIpc) is 3.44. The number of rotatable bonds is 8. The number of carbonyl (C=O) groups excluding carboxylic acids is 2. The molecule has 8 nitrogen and oxygen atoms in total. The Bertz CT molecular complexity index is 852. The molecule has 3 rings (SSSR count). The van der Waals surface area contributed by atoms with E-state index in [2.05, 4.69) is 10.5 Å². The summed E-state index contributed by atoms with van der Waals surface area (Å²) in [5.74, 6) is 0.654. The number of hydrogen-bond acceptors (Lipinski definition) is 7. The van der Waals surface area contributed by atoms with Crippen LogP contribution in [-0.4, -0.2) is 36.3 Å². The normalized spacial score (nSPS) is 14.3. The molecule has 150 valence electrons. The number of amides is 1. The van der Waals surface area contributed by atoms with Crippen molar-refractivity contribution in [3.05, 3.63) is 40.8 Å². The molecule has 1 heterocycles. The summed E-state index contributed by atoms with van der Waals surface area (Å²) in [6.45, 7) is 5.47. The van der Waals surface area contributed by atoms with Crippen molar-refractivity contribution in [2.45, 2.75) is 52.4 Å². The fraction of sp³-hybridized carbons (Fsp3) is 0.450. The quantitative estimate of drug-likeness (QED) is 0.694. The minimum atomic E-state index is -0.866. The van der Waals surface area contributed by atoms with Crippen molar-refractivity contribution in [2.75, 3.05) is 7.11 Å². The molecule has 0 unspecified atom stereocenters. The number of carbonyl (C=O) groups is 2. The molecule has 0 radical (unpaired) electrons. The van der Waals surface area contributed by atoms with Gasteiger partial charge in [0.1, 0.15) is 12.4 Å². The van der Waals surface area contributed by atoms with Gasteiger partial charge < -0.3 is 24.1 Å². The molecule has 2 aromatic rings. The largest absolute Gasteiger partial charge is 0.493 e. The molecule has 1 aromatic carbocycles. The number of nitrogens with zero attached hydrogens (tertiary/aromatic N) is 1. The molecule has 0 spiro atoms. The van der Waals surface area contributed by atoms with E-state index in [1.807, 2.05) is 13.8 Å².